The Bertz CT molecular complexity index is 680. The van der Waals surface area contributed by atoms with Crippen LogP contribution in [0.1, 0.15) is 24.1 Å². The van der Waals surface area contributed by atoms with Crippen molar-refractivity contribution in [3.8, 4) is 6.07 Å². The summed E-state index contributed by atoms with van der Waals surface area (Å²) in [6, 6.07) is 11.1. The van der Waals surface area contributed by atoms with Crippen molar-refractivity contribution in [2.75, 3.05) is 5.32 Å². The molecule has 2 aromatic rings. The van der Waals surface area contributed by atoms with Crippen molar-refractivity contribution >= 4 is 28.9 Å². The minimum Gasteiger partial charge on any atom is -0.377 e. The molecular weight excluding hydrogens is 298 g/mol. The zero-order valence-electron chi connectivity index (χ0n) is 10.6. The van der Waals surface area contributed by atoms with E-state index < -0.39 is 0 Å². The average molecular weight is 309 g/mol. The van der Waals surface area contributed by atoms with Gasteiger partial charge in [0.15, 0.2) is 0 Å². The van der Waals surface area contributed by atoms with Crippen LogP contribution in [0.5, 0.6) is 0 Å². The van der Waals surface area contributed by atoms with Crippen molar-refractivity contribution in [1.29, 1.82) is 5.26 Å². The maximum absolute atomic E-state index is 13.0. The molecule has 0 fully saturated rings. The zero-order valence-corrected chi connectivity index (χ0v) is 12.1. The lowest BCUT2D eigenvalue weighted by Gasteiger charge is -2.18. The molecule has 1 atom stereocenters. The molecule has 1 N–H and O–H groups in total. The second kappa shape index (κ2) is 6.13. The summed E-state index contributed by atoms with van der Waals surface area (Å²) < 4.78 is 13.0. The Hall–Kier alpha value is -1.76. The van der Waals surface area contributed by atoms with Crippen LogP contribution in [-0.4, -0.2) is 0 Å². The number of nitrogens with zero attached hydrogens (tertiary/aromatic N) is 1. The van der Waals surface area contributed by atoms with Gasteiger partial charge in [-0.1, -0.05) is 29.3 Å². The second-order valence-corrected chi connectivity index (χ2v) is 5.15. The largest absolute Gasteiger partial charge is 0.377 e. The first-order valence-corrected chi connectivity index (χ1v) is 6.68. The molecule has 0 saturated carbocycles. The Balaban J connectivity index is 2.23. The molecule has 0 heterocycles. The van der Waals surface area contributed by atoms with Crippen LogP contribution in [0.4, 0.5) is 10.1 Å². The van der Waals surface area contributed by atoms with Crippen molar-refractivity contribution < 1.29 is 4.39 Å². The van der Waals surface area contributed by atoms with Crippen LogP contribution in [0.15, 0.2) is 36.4 Å². The Morgan fingerprint density at radius 2 is 1.90 bits per heavy atom. The van der Waals surface area contributed by atoms with Gasteiger partial charge in [-0.3, -0.25) is 0 Å². The van der Waals surface area contributed by atoms with Crippen LogP contribution in [-0.2, 0) is 0 Å². The highest BCUT2D eigenvalue weighted by Crippen LogP contribution is 2.30. The molecule has 2 aromatic carbocycles. The van der Waals surface area contributed by atoms with Gasteiger partial charge in [-0.2, -0.15) is 5.26 Å². The smallest absolute Gasteiger partial charge is 0.124 e. The van der Waals surface area contributed by atoms with E-state index in [1.165, 1.54) is 12.1 Å². The van der Waals surface area contributed by atoms with E-state index >= 15 is 0 Å². The molecule has 0 radical (unpaired) electrons. The fourth-order valence-corrected chi connectivity index (χ4v) is 2.43. The Morgan fingerprint density at radius 3 is 2.50 bits per heavy atom. The third-order valence-corrected chi connectivity index (χ3v) is 3.54. The van der Waals surface area contributed by atoms with Gasteiger partial charge >= 0.3 is 0 Å². The van der Waals surface area contributed by atoms with E-state index in [1.54, 1.807) is 24.3 Å². The standard InChI is InChI=1S/C15H11Cl2FN2/c1-9(12-4-3-11(18)7-13(12)16)20-15-5-2-10(8-19)6-14(15)17/h2-7,9,20H,1H3. The van der Waals surface area contributed by atoms with Gasteiger partial charge in [0.25, 0.3) is 0 Å². The Kier molecular flexibility index (Phi) is 4.49. The molecule has 0 amide bonds. The zero-order chi connectivity index (χ0) is 14.7. The third kappa shape index (κ3) is 3.22. The number of nitriles is 1. The normalized spacial score (nSPS) is 11.8. The van der Waals surface area contributed by atoms with Gasteiger partial charge in [0.05, 0.1) is 28.4 Å². The van der Waals surface area contributed by atoms with E-state index in [0.29, 0.717) is 21.3 Å². The lowest BCUT2D eigenvalue weighted by atomic mass is 10.1. The molecule has 20 heavy (non-hydrogen) atoms. The Morgan fingerprint density at radius 1 is 1.15 bits per heavy atom. The van der Waals surface area contributed by atoms with Gasteiger partial charge in [-0.15, -0.1) is 0 Å². The molecule has 0 aliphatic heterocycles. The van der Waals surface area contributed by atoms with Crippen molar-refractivity contribution in [1.82, 2.24) is 0 Å². The summed E-state index contributed by atoms with van der Waals surface area (Å²) in [4.78, 5) is 0. The fourth-order valence-electron chi connectivity index (χ4n) is 1.87. The summed E-state index contributed by atoms with van der Waals surface area (Å²) in [6.45, 7) is 1.90. The van der Waals surface area contributed by atoms with E-state index in [1.807, 2.05) is 13.0 Å². The highest BCUT2D eigenvalue weighted by molar-refractivity contribution is 6.33. The molecule has 0 aliphatic rings. The van der Waals surface area contributed by atoms with E-state index in [9.17, 15) is 4.39 Å². The molecule has 0 spiro atoms. The number of hydrogen-bond acceptors (Lipinski definition) is 2. The lowest BCUT2D eigenvalue weighted by Crippen LogP contribution is -2.07. The van der Waals surface area contributed by atoms with Gasteiger partial charge in [-0.05, 0) is 42.8 Å². The van der Waals surface area contributed by atoms with Crippen LogP contribution in [0.3, 0.4) is 0 Å². The van der Waals surface area contributed by atoms with Crippen molar-refractivity contribution in [3.05, 3.63) is 63.4 Å². The lowest BCUT2D eigenvalue weighted by molar-refractivity contribution is 0.626. The number of nitrogens with one attached hydrogen (secondary N) is 1. The van der Waals surface area contributed by atoms with E-state index in [0.717, 1.165) is 5.56 Å². The molecule has 1 unspecified atom stereocenters. The summed E-state index contributed by atoms with van der Waals surface area (Å²) in [5, 5.41) is 12.8. The van der Waals surface area contributed by atoms with Crippen LogP contribution in [0.2, 0.25) is 10.0 Å². The second-order valence-electron chi connectivity index (χ2n) is 4.34. The van der Waals surface area contributed by atoms with Crippen molar-refractivity contribution in [2.45, 2.75) is 13.0 Å². The Labute approximate surface area is 126 Å². The van der Waals surface area contributed by atoms with Gasteiger partial charge < -0.3 is 5.32 Å². The van der Waals surface area contributed by atoms with Crippen molar-refractivity contribution in [3.63, 3.8) is 0 Å². The first-order valence-electron chi connectivity index (χ1n) is 5.92. The van der Waals surface area contributed by atoms with Crippen LogP contribution >= 0.6 is 23.2 Å². The average Bonchev–Trinajstić information content (AvgIpc) is 2.40. The highest BCUT2D eigenvalue weighted by atomic mass is 35.5. The minimum atomic E-state index is -0.373. The molecule has 2 rings (SSSR count). The summed E-state index contributed by atoms with van der Waals surface area (Å²) in [5.74, 6) is -0.373. The van der Waals surface area contributed by atoms with Crippen LogP contribution in [0, 0.1) is 17.1 Å². The van der Waals surface area contributed by atoms with E-state index in [4.69, 9.17) is 28.5 Å². The molecule has 0 aliphatic carbocycles. The van der Waals surface area contributed by atoms with Gasteiger partial charge in [0.2, 0.25) is 0 Å². The van der Waals surface area contributed by atoms with Crippen LogP contribution in [0.25, 0.3) is 0 Å². The molecule has 5 heteroatoms. The topological polar surface area (TPSA) is 35.8 Å². The maximum Gasteiger partial charge on any atom is 0.124 e. The molecule has 0 aromatic heterocycles. The van der Waals surface area contributed by atoms with Gasteiger partial charge in [0, 0.05) is 5.02 Å². The molecular formula is C15H11Cl2FN2. The van der Waals surface area contributed by atoms with Gasteiger partial charge in [-0.25, -0.2) is 4.39 Å². The number of halogens is 3. The van der Waals surface area contributed by atoms with Crippen LogP contribution < -0.4 is 5.32 Å². The first kappa shape index (κ1) is 14.6. The minimum absolute atomic E-state index is 0.145. The first-order chi connectivity index (χ1) is 9.51. The summed E-state index contributed by atoms with van der Waals surface area (Å²) >= 11 is 12.1. The molecule has 102 valence electrons. The third-order valence-electron chi connectivity index (χ3n) is 2.90. The molecule has 0 saturated heterocycles. The predicted molar refractivity (Wildman–Crippen MR) is 79.6 cm³/mol. The monoisotopic (exact) mass is 308 g/mol. The van der Waals surface area contributed by atoms with Gasteiger partial charge in [0.1, 0.15) is 5.82 Å². The number of anilines is 1. The fraction of sp³-hybridized carbons (Fsp3) is 0.133. The summed E-state index contributed by atoms with van der Waals surface area (Å²) in [7, 11) is 0. The van der Waals surface area contributed by atoms with E-state index in [2.05, 4.69) is 5.32 Å². The molecule has 0 bridgehead atoms. The summed E-state index contributed by atoms with van der Waals surface area (Å²) in [6.07, 6.45) is 0. The number of rotatable bonds is 3. The predicted octanol–water partition coefficient (Wildman–Crippen LogP) is 5.18. The van der Waals surface area contributed by atoms with Crippen molar-refractivity contribution in [2.24, 2.45) is 0 Å². The number of benzene rings is 2. The maximum atomic E-state index is 13.0. The summed E-state index contributed by atoms with van der Waals surface area (Å²) in [5.41, 5.74) is 1.96. The highest BCUT2D eigenvalue weighted by Gasteiger charge is 2.12. The quantitative estimate of drug-likeness (QED) is 0.848. The molecule has 2 nitrogen and oxygen atoms in total. The van der Waals surface area contributed by atoms with E-state index in [-0.39, 0.29) is 11.9 Å². The number of hydrogen-bond donors (Lipinski definition) is 1. The SMILES string of the molecule is CC(Nc1ccc(C#N)cc1Cl)c1ccc(F)cc1Cl.